The minimum Gasteiger partial charge on any atom is -0.207 e. The van der Waals surface area contributed by atoms with Gasteiger partial charge in [0.15, 0.2) is 0 Å². The number of rotatable bonds is 2. The number of halogens is 3. The first-order chi connectivity index (χ1) is 8.93. The monoisotopic (exact) mass is 385 g/mol. The fraction of sp³-hybridized carbons (Fsp3) is 0.500. The smallest absolute Gasteiger partial charge is 0.207 e. The highest BCUT2D eigenvalue weighted by molar-refractivity contribution is 9.10. The van der Waals surface area contributed by atoms with Gasteiger partial charge in [0.2, 0.25) is 10.0 Å². The second-order valence-corrected chi connectivity index (χ2v) is 8.12. The lowest BCUT2D eigenvalue weighted by Gasteiger charge is -2.21. The highest BCUT2D eigenvalue weighted by Gasteiger charge is 2.29. The molecule has 0 N–H and O–H groups in total. The standard InChI is InChI=1S/C12H14BrCl2NO2S/c13-9-7-10(14)12(11(15)8-9)19(17,18)16-5-3-1-2-4-6-16/h7-8H,1-6H2. The Morgan fingerprint density at radius 3 is 1.95 bits per heavy atom. The van der Waals surface area contributed by atoms with Gasteiger partial charge in [-0.3, -0.25) is 0 Å². The van der Waals surface area contributed by atoms with Crippen LogP contribution in [0, 0.1) is 0 Å². The number of sulfonamides is 1. The summed E-state index contributed by atoms with van der Waals surface area (Å²) in [4.78, 5) is 0.0148. The van der Waals surface area contributed by atoms with Crippen molar-refractivity contribution in [2.24, 2.45) is 0 Å². The predicted octanol–water partition coefficient (Wildman–Crippen LogP) is 4.32. The molecule has 1 fully saturated rings. The lowest BCUT2D eigenvalue weighted by atomic mass is 10.2. The lowest BCUT2D eigenvalue weighted by Crippen LogP contribution is -2.32. The summed E-state index contributed by atoms with van der Waals surface area (Å²) in [5, 5.41) is 0.312. The Labute approximate surface area is 132 Å². The highest BCUT2D eigenvalue weighted by Crippen LogP contribution is 2.35. The second-order valence-electron chi connectivity index (χ2n) is 4.52. The molecule has 0 unspecified atom stereocenters. The number of hydrogen-bond donors (Lipinski definition) is 0. The van der Waals surface area contributed by atoms with Crippen LogP contribution in [0.3, 0.4) is 0 Å². The van der Waals surface area contributed by atoms with Crippen LogP contribution >= 0.6 is 39.1 Å². The van der Waals surface area contributed by atoms with E-state index in [1.807, 2.05) is 0 Å². The van der Waals surface area contributed by atoms with Crippen molar-refractivity contribution in [3.05, 3.63) is 26.7 Å². The van der Waals surface area contributed by atoms with Crippen molar-refractivity contribution in [1.82, 2.24) is 4.31 Å². The maximum absolute atomic E-state index is 12.6. The summed E-state index contributed by atoms with van der Waals surface area (Å²) < 4.78 is 27.4. The molecule has 19 heavy (non-hydrogen) atoms. The molecular weight excluding hydrogens is 373 g/mol. The first kappa shape index (κ1) is 15.6. The lowest BCUT2D eigenvalue weighted by molar-refractivity contribution is 0.424. The van der Waals surface area contributed by atoms with Crippen molar-refractivity contribution in [3.63, 3.8) is 0 Å². The van der Waals surface area contributed by atoms with Crippen LogP contribution in [-0.2, 0) is 10.0 Å². The SMILES string of the molecule is O=S(=O)(c1c(Cl)cc(Br)cc1Cl)N1CCCCCC1. The van der Waals surface area contributed by atoms with E-state index < -0.39 is 10.0 Å². The molecule has 0 atom stereocenters. The zero-order valence-corrected chi connectivity index (χ0v) is 14.1. The maximum atomic E-state index is 12.6. The van der Waals surface area contributed by atoms with Gasteiger partial charge in [-0.1, -0.05) is 52.0 Å². The van der Waals surface area contributed by atoms with Crippen LogP contribution in [0.5, 0.6) is 0 Å². The van der Waals surface area contributed by atoms with E-state index in [-0.39, 0.29) is 14.9 Å². The summed E-state index contributed by atoms with van der Waals surface area (Å²) in [6.07, 6.45) is 3.89. The van der Waals surface area contributed by atoms with E-state index in [2.05, 4.69) is 15.9 Å². The minimum atomic E-state index is -3.61. The van der Waals surface area contributed by atoms with Crippen LogP contribution in [0.2, 0.25) is 10.0 Å². The van der Waals surface area contributed by atoms with Gasteiger partial charge in [0.25, 0.3) is 0 Å². The molecule has 1 heterocycles. The van der Waals surface area contributed by atoms with Gasteiger partial charge in [-0.25, -0.2) is 8.42 Å². The zero-order valence-electron chi connectivity index (χ0n) is 10.2. The van der Waals surface area contributed by atoms with Gasteiger partial charge in [0, 0.05) is 17.6 Å². The second kappa shape index (κ2) is 6.31. The van der Waals surface area contributed by atoms with Gasteiger partial charge >= 0.3 is 0 Å². The third-order valence-corrected chi connectivity index (χ3v) is 6.40. The third kappa shape index (κ3) is 3.45. The molecule has 1 aromatic carbocycles. The molecule has 7 heteroatoms. The average Bonchev–Trinajstić information content (AvgIpc) is 2.55. The molecule has 0 aromatic heterocycles. The van der Waals surface area contributed by atoms with Crippen LogP contribution < -0.4 is 0 Å². The van der Waals surface area contributed by atoms with Gasteiger partial charge in [0.1, 0.15) is 4.90 Å². The molecule has 1 aliphatic rings. The Hall–Kier alpha value is 0.190. The number of hydrogen-bond acceptors (Lipinski definition) is 2. The molecule has 106 valence electrons. The molecular formula is C12H14BrCl2NO2S. The zero-order chi connectivity index (χ0) is 14.0. The van der Waals surface area contributed by atoms with E-state index in [0.717, 1.165) is 25.7 Å². The van der Waals surface area contributed by atoms with E-state index in [1.54, 1.807) is 12.1 Å². The van der Waals surface area contributed by atoms with Crippen LogP contribution in [0.25, 0.3) is 0 Å². The molecule has 1 saturated heterocycles. The first-order valence-electron chi connectivity index (χ1n) is 6.07. The average molecular weight is 387 g/mol. The molecule has 1 aromatic rings. The minimum absolute atomic E-state index is 0.0148. The van der Waals surface area contributed by atoms with Crippen molar-refractivity contribution in [1.29, 1.82) is 0 Å². The van der Waals surface area contributed by atoms with Crippen molar-refractivity contribution in [2.45, 2.75) is 30.6 Å². The Kier molecular flexibility index (Phi) is 5.17. The van der Waals surface area contributed by atoms with Crippen molar-refractivity contribution < 1.29 is 8.42 Å². The van der Waals surface area contributed by atoms with Gasteiger partial charge in [-0.05, 0) is 25.0 Å². The van der Waals surface area contributed by atoms with E-state index in [0.29, 0.717) is 17.6 Å². The Bertz CT molecular complexity index is 546. The molecule has 0 saturated carbocycles. The van der Waals surface area contributed by atoms with Gasteiger partial charge in [-0.15, -0.1) is 0 Å². The van der Waals surface area contributed by atoms with Crippen LogP contribution in [0.15, 0.2) is 21.5 Å². The van der Waals surface area contributed by atoms with Crippen molar-refractivity contribution >= 4 is 49.2 Å². The Morgan fingerprint density at radius 1 is 1.00 bits per heavy atom. The van der Waals surface area contributed by atoms with Crippen LogP contribution in [0.1, 0.15) is 25.7 Å². The maximum Gasteiger partial charge on any atom is 0.246 e. The summed E-state index contributed by atoms with van der Waals surface area (Å²) in [6, 6.07) is 3.11. The molecule has 0 aliphatic carbocycles. The quantitative estimate of drug-likeness (QED) is 0.758. The fourth-order valence-corrected chi connectivity index (χ4v) is 5.59. The predicted molar refractivity (Wildman–Crippen MR) is 81.4 cm³/mol. The summed E-state index contributed by atoms with van der Waals surface area (Å²) >= 11 is 15.4. The molecule has 0 radical (unpaired) electrons. The number of benzene rings is 1. The topological polar surface area (TPSA) is 37.4 Å². The summed E-state index contributed by atoms with van der Waals surface area (Å²) in [6.45, 7) is 1.07. The van der Waals surface area contributed by atoms with Crippen molar-refractivity contribution in [2.75, 3.05) is 13.1 Å². The normalized spacial score (nSPS) is 18.3. The summed E-state index contributed by atoms with van der Waals surface area (Å²) in [5.41, 5.74) is 0. The van der Waals surface area contributed by atoms with Crippen molar-refractivity contribution in [3.8, 4) is 0 Å². The molecule has 0 bridgehead atoms. The molecule has 1 aliphatic heterocycles. The van der Waals surface area contributed by atoms with E-state index in [1.165, 1.54) is 4.31 Å². The van der Waals surface area contributed by atoms with E-state index in [4.69, 9.17) is 23.2 Å². The fourth-order valence-electron chi connectivity index (χ4n) is 2.19. The Balaban J connectivity index is 2.44. The molecule has 0 spiro atoms. The number of nitrogens with zero attached hydrogens (tertiary/aromatic N) is 1. The summed E-state index contributed by atoms with van der Waals surface area (Å²) in [7, 11) is -3.61. The molecule has 3 nitrogen and oxygen atoms in total. The van der Waals surface area contributed by atoms with Gasteiger partial charge in [-0.2, -0.15) is 4.31 Å². The largest absolute Gasteiger partial charge is 0.246 e. The van der Waals surface area contributed by atoms with Gasteiger partial charge < -0.3 is 0 Å². The third-order valence-electron chi connectivity index (χ3n) is 3.13. The molecule has 0 amide bonds. The summed E-state index contributed by atoms with van der Waals surface area (Å²) in [5.74, 6) is 0. The first-order valence-corrected chi connectivity index (χ1v) is 9.06. The van der Waals surface area contributed by atoms with Crippen LogP contribution in [0.4, 0.5) is 0 Å². The highest BCUT2D eigenvalue weighted by atomic mass is 79.9. The van der Waals surface area contributed by atoms with E-state index >= 15 is 0 Å². The Morgan fingerprint density at radius 2 is 1.47 bits per heavy atom. The molecule has 2 rings (SSSR count). The van der Waals surface area contributed by atoms with Crippen LogP contribution in [-0.4, -0.2) is 25.8 Å². The van der Waals surface area contributed by atoms with E-state index in [9.17, 15) is 8.42 Å². The van der Waals surface area contributed by atoms with Gasteiger partial charge in [0.05, 0.1) is 10.0 Å².